The van der Waals surface area contributed by atoms with Crippen LogP contribution >= 0.6 is 0 Å². The second-order valence-corrected chi connectivity index (χ2v) is 7.93. The van der Waals surface area contributed by atoms with Crippen LogP contribution in [0.15, 0.2) is 0 Å². The molecule has 0 bridgehead atoms. The SMILES string of the molecule is OC[C@H]1O[C@H](O)[C@H](O)[C@H](O)[C@H]1O[C@H]1O[C@H](CO[C@@H]2OC[C@H](O)[C@@H](O)[C@@H]2O)[C@H](O)[C@@H](O)[C@H]1O. The van der Waals surface area contributed by atoms with Crippen LogP contribution in [0.1, 0.15) is 0 Å². The summed E-state index contributed by atoms with van der Waals surface area (Å²) in [6.07, 6.45) is -22.4. The lowest BCUT2D eigenvalue weighted by Crippen LogP contribution is -2.64. The molecule has 0 unspecified atom stereocenters. The van der Waals surface area contributed by atoms with E-state index in [1.54, 1.807) is 0 Å². The highest BCUT2D eigenvalue weighted by Crippen LogP contribution is 2.29. The lowest BCUT2D eigenvalue weighted by Gasteiger charge is -2.45. The number of ether oxygens (including phenoxy) is 5. The molecule has 0 aromatic carbocycles. The minimum atomic E-state index is -1.83. The molecule has 3 rings (SSSR count). The Labute approximate surface area is 181 Å². The number of rotatable bonds is 6. The molecule has 0 radical (unpaired) electrons. The molecule has 188 valence electrons. The monoisotopic (exact) mass is 474 g/mol. The van der Waals surface area contributed by atoms with Crippen molar-refractivity contribution in [2.75, 3.05) is 19.8 Å². The van der Waals surface area contributed by atoms with Gasteiger partial charge < -0.3 is 74.7 Å². The molecular formula is C17H30O15. The molecule has 10 N–H and O–H groups in total. The summed E-state index contributed by atoms with van der Waals surface area (Å²) >= 11 is 0. The van der Waals surface area contributed by atoms with Crippen molar-refractivity contribution in [1.29, 1.82) is 0 Å². The fourth-order valence-electron chi connectivity index (χ4n) is 3.67. The van der Waals surface area contributed by atoms with E-state index < -0.39 is 99.2 Å². The van der Waals surface area contributed by atoms with Gasteiger partial charge in [-0.3, -0.25) is 0 Å². The molecule has 32 heavy (non-hydrogen) atoms. The maximum absolute atomic E-state index is 10.2. The van der Waals surface area contributed by atoms with Gasteiger partial charge in [0.15, 0.2) is 18.9 Å². The molecule has 15 nitrogen and oxygen atoms in total. The van der Waals surface area contributed by atoms with Crippen molar-refractivity contribution in [3.05, 3.63) is 0 Å². The molecule has 14 atom stereocenters. The van der Waals surface area contributed by atoms with E-state index in [9.17, 15) is 51.1 Å². The molecular weight excluding hydrogens is 444 g/mol. The Morgan fingerprint density at radius 3 is 1.97 bits per heavy atom. The van der Waals surface area contributed by atoms with Crippen LogP contribution in [0.25, 0.3) is 0 Å². The average Bonchev–Trinajstić information content (AvgIpc) is 2.77. The molecule has 3 fully saturated rings. The van der Waals surface area contributed by atoms with Crippen LogP contribution < -0.4 is 0 Å². The summed E-state index contributed by atoms with van der Waals surface area (Å²) in [6.45, 7) is -1.60. The number of aliphatic hydroxyl groups is 10. The maximum atomic E-state index is 10.2. The first-order valence-corrected chi connectivity index (χ1v) is 9.99. The van der Waals surface area contributed by atoms with Gasteiger partial charge >= 0.3 is 0 Å². The van der Waals surface area contributed by atoms with Gasteiger partial charge in [-0.05, 0) is 0 Å². The Morgan fingerprint density at radius 2 is 1.31 bits per heavy atom. The minimum Gasteiger partial charge on any atom is -0.394 e. The van der Waals surface area contributed by atoms with E-state index in [4.69, 9.17) is 23.7 Å². The first-order valence-electron chi connectivity index (χ1n) is 9.99. The van der Waals surface area contributed by atoms with E-state index in [2.05, 4.69) is 0 Å². The van der Waals surface area contributed by atoms with E-state index >= 15 is 0 Å². The topological polar surface area (TPSA) is 248 Å². The lowest BCUT2D eigenvalue weighted by atomic mass is 9.97. The summed E-state index contributed by atoms with van der Waals surface area (Å²) in [5.41, 5.74) is 0. The lowest BCUT2D eigenvalue weighted by molar-refractivity contribution is -0.360. The van der Waals surface area contributed by atoms with Crippen LogP contribution in [0.3, 0.4) is 0 Å². The summed E-state index contributed by atoms with van der Waals surface area (Å²) in [5.74, 6) is 0. The van der Waals surface area contributed by atoms with Crippen molar-refractivity contribution in [3.8, 4) is 0 Å². The van der Waals surface area contributed by atoms with Crippen LogP contribution in [0.2, 0.25) is 0 Å². The van der Waals surface area contributed by atoms with Crippen molar-refractivity contribution >= 4 is 0 Å². The Bertz CT molecular complexity index is 594. The van der Waals surface area contributed by atoms with E-state index in [-0.39, 0.29) is 6.61 Å². The molecule has 0 aliphatic carbocycles. The normalized spacial score (nSPS) is 52.7. The minimum absolute atomic E-state index is 0.333. The second-order valence-electron chi connectivity index (χ2n) is 7.93. The highest BCUT2D eigenvalue weighted by molar-refractivity contribution is 4.94. The van der Waals surface area contributed by atoms with Gasteiger partial charge in [-0.2, -0.15) is 0 Å². The molecule has 3 aliphatic rings. The zero-order valence-electron chi connectivity index (χ0n) is 16.7. The van der Waals surface area contributed by atoms with Crippen LogP contribution in [0, 0.1) is 0 Å². The van der Waals surface area contributed by atoms with Crippen LogP contribution in [0.5, 0.6) is 0 Å². The Hall–Kier alpha value is -0.600. The van der Waals surface area contributed by atoms with Gasteiger partial charge in [-0.15, -0.1) is 0 Å². The molecule has 3 saturated heterocycles. The molecule has 3 heterocycles. The van der Waals surface area contributed by atoms with Gasteiger partial charge in [0.05, 0.1) is 19.8 Å². The zero-order chi connectivity index (χ0) is 23.7. The van der Waals surface area contributed by atoms with E-state index in [1.165, 1.54) is 0 Å². The predicted octanol–water partition coefficient (Wildman–Crippen LogP) is -6.93. The quantitative estimate of drug-likeness (QED) is 0.172. The summed E-state index contributed by atoms with van der Waals surface area (Å²) < 4.78 is 26.1. The highest BCUT2D eigenvalue weighted by atomic mass is 16.7. The Kier molecular flexibility index (Phi) is 8.75. The zero-order valence-corrected chi connectivity index (χ0v) is 16.7. The van der Waals surface area contributed by atoms with Crippen LogP contribution in [-0.4, -0.2) is 157 Å². The Morgan fingerprint density at radius 1 is 0.656 bits per heavy atom. The third-order valence-corrected chi connectivity index (χ3v) is 5.68. The summed E-state index contributed by atoms with van der Waals surface area (Å²) in [7, 11) is 0. The molecule has 0 spiro atoms. The molecule has 3 aliphatic heterocycles. The van der Waals surface area contributed by atoms with Gasteiger partial charge in [0.2, 0.25) is 0 Å². The van der Waals surface area contributed by atoms with Crippen molar-refractivity contribution in [2.45, 2.75) is 86.0 Å². The van der Waals surface area contributed by atoms with Crippen molar-refractivity contribution < 1.29 is 74.7 Å². The average molecular weight is 474 g/mol. The summed E-state index contributed by atoms with van der Waals surface area (Å²) in [4.78, 5) is 0. The highest BCUT2D eigenvalue weighted by Gasteiger charge is 2.50. The van der Waals surface area contributed by atoms with Gasteiger partial charge in [-0.25, -0.2) is 0 Å². The van der Waals surface area contributed by atoms with Gasteiger partial charge in [-0.1, -0.05) is 0 Å². The van der Waals surface area contributed by atoms with Gasteiger partial charge in [0.1, 0.15) is 67.1 Å². The number of aliphatic hydroxyl groups excluding tert-OH is 10. The maximum Gasteiger partial charge on any atom is 0.187 e. The standard InChI is InChI=1S/C17H30O15/c18-1-5-14(10(23)11(24)15(27)30-5)32-17-13(26)9(22)8(21)6(31-17)3-29-16-12(25)7(20)4(19)2-28-16/h4-27H,1-3H2/t4-,5+,6+,7+,8-,9+,10-,11+,12-,13+,14-,15-,16-,17+/m0/s1. The van der Waals surface area contributed by atoms with Crippen molar-refractivity contribution in [1.82, 2.24) is 0 Å². The van der Waals surface area contributed by atoms with E-state index in [1.807, 2.05) is 0 Å². The van der Waals surface area contributed by atoms with Gasteiger partial charge in [0, 0.05) is 0 Å². The fourth-order valence-corrected chi connectivity index (χ4v) is 3.67. The van der Waals surface area contributed by atoms with Crippen LogP contribution in [0.4, 0.5) is 0 Å². The molecule has 0 aromatic heterocycles. The van der Waals surface area contributed by atoms with Crippen molar-refractivity contribution in [2.24, 2.45) is 0 Å². The van der Waals surface area contributed by atoms with E-state index in [0.29, 0.717) is 0 Å². The Balaban J connectivity index is 1.65. The van der Waals surface area contributed by atoms with Crippen LogP contribution in [-0.2, 0) is 23.7 Å². The second kappa shape index (κ2) is 10.8. The first-order chi connectivity index (χ1) is 15.1. The largest absolute Gasteiger partial charge is 0.394 e. The number of hydrogen-bond acceptors (Lipinski definition) is 15. The van der Waals surface area contributed by atoms with E-state index in [0.717, 1.165) is 0 Å². The third-order valence-electron chi connectivity index (χ3n) is 5.68. The number of hydrogen-bond donors (Lipinski definition) is 10. The van der Waals surface area contributed by atoms with Gasteiger partial charge in [0.25, 0.3) is 0 Å². The molecule has 0 aromatic rings. The van der Waals surface area contributed by atoms with Crippen molar-refractivity contribution in [3.63, 3.8) is 0 Å². The summed E-state index contributed by atoms with van der Waals surface area (Å²) in [6, 6.07) is 0. The predicted molar refractivity (Wildman–Crippen MR) is 95.2 cm³/mol. The smallest absolute Gasteiger partial charge is 0.187 e. The first kappa shape index (κ1) is 26.0. The molecule has 0 amide bonds. The molecule has 0 saturated carbocycles. The fraction of sp³-hybridized carbons (Fsp3) is 1.00. The summed E-state index contributed by atoms with van der Waals surface area (Å²) in [5, 5.41) is 98.6. The third kappa shape index (κ3) is 5.22. The molecule has 15 heteroatoms.